The van der Waals surface area contributed by atoms with E-state index in [4.69, 9.17) is 4.74 Å². The molecule has 2 N–H and O–H groups in total. The van der Waals surface area contributed by atoms with Crippen molar-refractivity contribution < 1.29 is 31.1 Å². The lowest BCUT2D eigenvalue weighted by Crippen LogP contribution is -2.21. The topological polar surface area (TPSA) is 84.5 Å². The smallest absolute Gasteiger partial charge is 0.262 e. The third kappa shape index (κ3) is 5.38. The van der Waals surface area contributed by atoms with Gasteiger partial charge in [-0.1, -0.05) is 17.7 Å². The minimum Gasteiger partial charge on any atom is -0.483 e. The molecule has 1 amide bonds. The van der Waals surface area contributed by atoms with Crippen molar-refractivity contribution >= 4 is 27.3 Å². The largest absolute Gasteiger partial charge is 0.483 e. The molecule has 0 fully saturated rings. The zero-order valence-corrected chi connectivity index (χ0v) is 17.9. The number of carbonyl (C=O) groups is 1. The van der Waals surface area contributed by atoms with Gasteiger partial charge in [0.1, 0.15) is 5.75 Å². The average Bonchev–Trinajstić information content (AvgIpc) is 2.74. The molecule has 0 bridgehead atoms. The Kier molecular flexibility index (Phi) is 6.73. The molecule has 0 aliphatic carbocycles. The maximum Gasteiger partial charge on any atom is 0.262 e. The fraction of sp³-hybridized carbons (Fsp3) is 0.136. The Morgan fingerprint density at radius 2 is 1.62 bits per heavy atom. The second-order valence-corrected chi connectivity index (χ2v) is 8.64. The fourth-order valence-electron chi connectivity index (χ4n) is 2.74. The Labute approximate surface area is 183 Å². The molecule has 0 radical (unpaired) electrons. The van der Waals surface area contributed by atoms with E-state index in [1.807, 2.05) is 6.92 Å². The van der Waals surface area contributed by atoms with Gasteiger partial charge in [0.15, 0.2) is 24.1 Å². The summed E-state index contributed by atoms with van der Waals surface area (Å²) in [7, 11) is -3.84. The van der Waals surface area contributed by atoms with Crippen molar-refractivity contribution in [2.75, 3.05) is 16.6 Å². The van der Waals surface area contributed by atoms with Crippen molar-refractivity contribution in [1.29, 1.82) is 0 Å². The van der Waals surface area contributed by atoms with Crippen LogP contribution >= 0.6 is 0 Å². The number of ether oxygens (including phenoxy) is 1. The van der Waals surface area contributed by atoms with Gasteiger partial charge in [-0.2, -0.15) is 0 Å². The van der Waals surface area contributed by atoms with Gasteiger partial charge >= 0.3 is 0 Å². The second kappa shape index (κ2) is 9.31. The number of anilines is 2. The van der Waals surface area contributed by atoms with Crippen LogP contribution < -0.4 is 14.8 Å². The van der Waals surface area contributed by atoms with E-state index in [0.29, 0.717) is 17.3 Å². The molecule has 3 rings (SSSR count). The summed E-state index contributed by atoms with van der Waals surface area (Å²) < 4.78 is 72.9. The Hall–Kier alpha value is -3.53. The molecule has 3 aromatic rings. The van der Waals surface area contributed by atoms with Gasteiger partial charge in [-0.3, -0.25) is 9.52 Å². The monoisotopic (exact) mass is 464 g/mol. The number of rotatable bonds is 7. The Balaban J connectivity index is 1.65. The van der Waals surface area contributed by atoms with Gasteiger partial charge in [0.25, 0.3) is 15.9 Å². The normalized spacial score (nSPS) is 11.2. The molecular formula is C22H19F3N2O4S. The van der Waals surface area contributed by atoms with Crippen molar-refractivity contribution in [2.45, 2.75) is 18.7 Å². The highest BCUT2D eigenvalue weighted by Crippen LogP contribution is 2.24. The van der Waals surface area contributed by atoms with E-state index in [-0.39, 0.29) is 10.6 Å². The first-order valence-electron chi connectivity index (χ1n) is 9.33. The van der Waals surface area contributed by atoms with Crippen LogP contribution in [0.4, 0.5) is 24.5 Å². The van der Waals surface area contributed by atoms with Crippen LogP contribution in [0.5, 0.6) is 5.75 Å². The van der Waals surface area contributed by atoms with Crippen molar-refractivity contribution in [3.8, 4) is 5.75 Å². The maximum atomic E-state index is 13.6. The quantitative estimate of drug-likeness (QED) is 0.503. The highest BCUT2D eigenvalue weighted by atomic mass is 32.2. The van der Waals surface area contributed by atoms with E-state index in [0.717, 1.165) is 11.6 Å². The van der Waals surface area contributed by atoms with Crippen molar-refractivity contribution in [2.24, 2.45) is 0 Å². The van der Waals surface area contributed by atoms with Crippen LogP contribution in [0.2, 0.25) is 0 Å². The number of amides is 1. The standard InChI is InChI=1S/C22H19F3N2O4S/c1-13-3-5-15(6-4-13)27-32(29,30)16-7-10-19(14(2)11-16)31-12-20(28)26-18-9-8-17(23)21(24)22(18)25/h3-11,27H,12H2,1-2H3,(H,26,28). The predicted octanol–water partition coefficient (Wildman–Crippen LogP) is 4.54. The van der Waals surface area contributed by atoms with E-state index in [1.54, 1.807) is 31.2 Å². The Morgan fingerprint density at radius 1 is 0.938 bits per heavy atom. The van der Waals surface area contributed by atoms with Crippen LogP contribution in [0.1, 0.15) is 11.1 Å². The van der Waals surface area contributed by atoms with Crippen molar-refractivity contribution in [3.63, 3.8) is 0 Å². The first-order chi connectivity index (χ1) is 15.1. The van der Waals surface area contributed by atoms with Crippen LogP contribution in [0.25, 0.3) is 0 Å². The van der Waals surface area contributed by atoms with Crippen molar-refractivity contribution in [3.05, 3.63) is 83.2 Å². The van der Waals surface area contributed by atoms with Gasteiger partial charge in [-0.25, -0.2) is 21.6 Å². The summed E-state index contributed by atoms with van der Waals surface area (Å²) in [6.07, 6.45) is 0. The zero-order valence-electron chi connectivity index (χ0n) is 17.1. The first kappa shape index (κ1) is 23.1. The minimum absolute atomic E-state index is 0.00349. The number of nitrogens with one attached hydrogen (secondary N) is 2. The molecule has 32 heavy (non-hydrogen) atoms. The predicted molar refractivity (Wildman–Crippen MR) is 114 cm³/mol. The summed E-state index contributed by atoms with van der Waals surface area (Å²) >= 11 is 0. The van der Waals surface area contributed by atoms with Crippen LogP contribution in [0, 0.1) is 31.3 Å². The Morgan fingerprint density at radius 3 is 2.28 bits per heavy atom. The van der Waals surface area contributed by atoms with Gasteiger partial charge in [0.05, 0.1) is 10.6 Å². The lowest BCUT2D eigenvalue weighted by atomic mass is 10.2. The van der Waals surface area contributed by atoms with Gasteiger partial charge in [-0.05, 0) is 61.9 Å². The van der Waals surface area contributed by atoms with Gasteiger partial charge in [0, 0.05) is 5.69 Å². The van der Waals surface area contributed by atoms with Crippen LogP contribution in [-0.2, 0) is 14.8 Å². The molecule has 3 aromatic carbocycles. The number of hydrogen-bond donors (Lipinski definition) is 2. The summed E-state index contributed by atoms with van der Waals surface area (Å²) in [6.45, 7) is 2.91. The summed E-state index contributed by atoms with van der Waals surface area (Å²) in [6, 6.07) is 12.5. The fourth-order valence-corrected chi connectivity index (χ4v) is 3.88. The first-order valence-corrected chi connectivity index (χ1v) is 10.8. The SMILES string of the molecule is Cc1ccc(NS(=O)(=O)c2ccc(OCC(=O)Nc3ccc(F)c(F)c3F)c(C)c2)cc1. The van der Waals surface area contributed by atoms with Crippen LogP contribution in [0.15, 0.2) is 59.5 Å². The van der Waals surface area contributed by atoms with Crippen LogP contribution in [-0.4, -0.2) is 20.9 Å². The lowest BCUT2D eigenvalue weighted by molar-refractivity contribution is -0.118. The molecule has 6 nitrogen and oxygen atoms in total. The molecule has 0 aromatic heterocycles. The summed E-state index contributed by atoms with van der Waals surface area (Å²) in [5, 5.41) is 2.08. The molecule has 0 heterocycles. The van der Waals surface area contributed by atoms with E-state index < -0.39 is 45.7 Å². The lowest BCUT2D eigenvalue weighted by Gasteiger charge is -2.13. The molecule has 0 unspecified atom stereocenters. The number of aryl methyl sites for hydroxylation is 2. The minimum atomic E-state index is -3.84. The van der Waals surface area contributed by atoms with Gasteiger partial charge in [0.2, 0.25) is 0 Å². The highest BCUT2D eigenvalue weighted by molar-refractivity contribution is 7.92. The number of hydrogen-bond acceptors (Lipinski definition) is 4. The van der Waals surface area contributed by atoms with E-state index in [2.05, 4.69) is 10.0 Å². The molecule has 0 aliphatic heterocycles. The van der Waals surface area contributed by atoms with Crippen LogP contribution in [0.3, 0.4) is 0 Å². The molecule has 0 atom stereocenters. The molecule has 0 spiro atoms. The third-order valence-electron chi connectivity index (χ3n) is 4.43. The number of carbonyl (C=O) groups excluding carboxylic acids is 1. The summed E-state index contributed by atoms with van der Waals surface area (Å²) in [5.41, 5.74) is 1.30. The van der Waals surface area contributed by atoms with Crippen molar-refractivity contribution in [1.82, 2.24) is 0 Å². The molecule has 0 aliphatic rings. The molecule has 0 saturated carbocycles. The second-order valence-electron chi connectivity index (χ2n) is 6.96. The Bertz CT molecular complexity index is 1260. The number of benzene rings is 3. The van der Waals surface area contributed by atoms with E-state index in [1.165, 1.54) is 18.2 Å². The zero-order chi connectivity index (χ0) is 23.5. The van der Waals surface area contributed by atoms with E-state index >= 15 is 0 Å². The number of sulfonamides is 1. The van der Waals surface area contributed by atoms with Gasteiger partial charge in [-0.15, -0.1) is 0 Å². The average molecular weight is 464 g/mol. The third-order valence-corrected chi connectivity index (χ3v) is 5.81. The summed E-state index contributed by atoms with van der Waals surface area (Å²) in [4.78, 5) is 12.0. The maximum absolute atomic E-state index is 13.6. The van der Waals surface area contributed by atoms with Gasteiger partial charge < -0.3 is 10.1 Å². The molecule has 10 heteroatoms. The summed E-state index contributed by atoms with van der Waals surface area (Å²) in [5.74, 6) is -5.19. The highest BCUT2D eigenvalue weighted by Gasteiger charge is 2.18. The molecular weight excluding hydrogens is 445 g/mol. The molecule has 0 saturated heterocycles. The number of halogens is 3. The van der Waals surface area contributed by atoms with E-state index in [9.17, 15) is 26.4 Å². The molecule has 168 valence electrons.